The van der Waals surface area contributed by atoms with Crippen molar-refractivity contribution in [1.29, 1.82) is 0 Å². The minimum Gasteiger partial charge on any atom is -0.454 e. The predicted molar refractivity (Wildman–Crippen MR) is 182 cm³/mol. The Balaban J connectivity index is 1.39. The van der Waals surface area contributed by atoms with Crippen LogP contribution in [0.4, 0.5) is 11.6 Å². The molecule has 0 amide bonds. The number of para-hydroxylation sites is 2. The molecule has 10 rings (SSSR count). The normalized spacial score (nSPS) is 13.2. The highest BCUT2D eigenvalue weighted by Crippen LogP contribution is 2.55. The summed E-state index contributed by atoms with van der Waals surface area (Å²) in [5, 5.41) is 8.54. The van der Waals surface area contributed by atoms with E-state index in [2.05, 4.69) is 48.5 Å². The minimum atomic E-state index is 0.276. The SMILES string of the molecule is [2H]c1ccccc1-c1nc(N2Oc3ccc4ccccc4c3-c3c2c2oc4ccccc4c2c2ccccc32)nc2cccc([2H])c12. The molecule has 0 spiro atoms. The molecule has 0 saturated heterocycles. The molecule has 0 unspecified atom stereocenters. The van der Waals surface area contributed by atoms with Gasteiger partial charge >= 0.3 is 0 Å². The zero-order valence-corrected chi connectivity index (χ0v) is 23.8. The van der Waals surface area contributed by atoms with E-state index < -0.39 is 0 Å². The molecule has 5 nitrogen and oxygen atoms in total. The van der Waals surface area contributed by atoms with Gasteiger partial charge in [0, 0.05) is 32.8 Å². The molecule has 0 saturated carbocycles. The van der Waals surface area contributed by atoms with Crippen molar-refractivity contribution in [2.24, 2.45) is 0 Å². The molecule has 1 aliphatic heterocycles. The van der Waals surface area contributed by atoms with E-state index in [4.69, 9.17) is 22.0 Å². The number of benzene rings is 7. The summed E-state index contributed by atoms with van der Waals surface area (Å²) in [5.74, 6) is 0.940. The van der Waals surface area contributed by atoms with Gasteiger partial charge in [-0.05, 0) is 39.7 Å². The minimum absolute atomic E-state index is 0.276. The lowest BCUT2D eigenvalue weighted by molar-refractivity contribution is 0.315. The third-order valence-corrected chi connectivity index (χ3v) is 8.70. The Labute approximate surface area is 260 Å². The second-order valence-corrected chi connectivity index (χ2v) is 11.2. The number of fused-ring (bicyclic) bond motifs is 13. The molecule has 5 heteroatoms. The van der Waals surface area contributed by atoms with Crippen molar-refractivity contribution in [2.75, 3.05) is 5.06 Å². The summed E-state index contributed by atoms with van der Waals surface area (Å²) in [5.41, 5.74) is 5.76. The summed E-state index contributed by atoms with van der Waals surface area (Å²) in [6.45, 7) is 0. The second kappa shape index (κ2) is 9.15. The number of furan rings is 1. The van der Waals surface area contributed by atoms with Gasteiger partial charge < -0.3 is 9.25 Å². The predicted octanol–water partition coefficient (Wildman–Crippen LogP) is 10.6. The van der Waals surface area contributed by atoms with Crippen LogP contribution in [-0.2, 0) is 0 Å². The summed E-state index contributed by atoms with van der Waals surface area (Å²) in [4.78, 5) is 17.0. The highest BCUT2D eigenvalue weighted by Gasteiger charge is 2.35. The molecular weight excluding hydrogens is 554 g/mol. The zero-order chi connectivity index (χ0) is 31.2. The number of hydrogen-bond acceptors (Lipinski definition) is 5. The quantitative estimate of drug-likeness (QED) is 0.204. The number of anilines is 2. The largest absolute Gasteiger partial charge is 0.454 e. The molecule has 0 N–H and O–H groups in total. The van der Waals surface area contributed by atoms with Gasteiger partial charge in [-0.3, -0.25) is 0 Å². The van der Waals surface area contributed by atoms with E-state index in [0.717, 1.165) is 49.0 Å². The lowest BCUT2D eigenvalue weighted by Crippen LogP contribution is -2.28. The van der Waals surface area contributed by atoms with Crippen molar-refractivity contribution in [1.82, 2.24) is 9.97 Å². The van der Waals surface area contributed by atoms with Gasteiger partial charge in [0.05, 0.1) is 14.0 Å². The van der Waals surface area contributed by atoms with E-state index in [1.807, 2.05) is 66.7 Å². The maximum Gasteiger partial charge on any atom is 0.265 e. The first-order chi connectivity index (χ1) is 23.2. The molecule has 9 aromatic rings. The standard InChI is InChI=1S/C40H23N3O2/c1-2-13-25(14-3-1)37-29-18-8-10-20-31(29)41-40(42-37)43-38-36(35-26-15-5-4-12-24(26)22-23-33(35)45-43)28-17-7-6-16-27(28)34-30-19-9-11-21-32(30)44-39(34)38/h1-23H/i13D,18D. The van der Waals surface area contributed by atoms with Gasteiger partial charge in [-0.15, -0.1) is 5.06 Å². The fraction of sp³-hybridized carbons (Fsp3) is 0. The third-order valence-electron chi connectivity index (χ3n) is 8.70. The number of aromatic nitrogens is 2. The van der Waals surface area contributed by atoms with Crippen molar-refractivity contribution < 1.29 is 12.0 Å². The Morgan fingerprint density at radius 2 is 1.33 bits per heavy atom. The molecule has 1 aliphatic rings. The van der Waals surface area contributed by atoms with Crippen molar-refractivity contribution in [3.05, 3.63) is 139 Å². The fourth-order valence-electron chi connectivity index (χ4n) is 6.78. The molecule has 0 bridgehead atoms. The molecule has 0 atom stereocenters. The first kappa shape index (κ1) is 22.4. The smallest absolute Gasteiger partial charge is 0.265 e. The molecule has 2 aromatic heterocycles. The topological polar surface area (TPSA) is 51.4 Å². The molecule has 0 radical (unpaired) electrons. The summed E-state index contributed by atoms with van der Waals surface area (Å²) in [6.07, 6.45) is 0. The van der Waals surface area contributed by atoms with Crippen LogP contribution in [0.15, 0.2) is 144 Å². The highest BCUT2D eigenvalue weighted by atomic mass is 16.7. The molecule has 7 aromatic carbocycles. The molecule has 45 heavy (non-hydrogen) atoms. The summed E-state index contributed by atoms with van der Waals surface area (Å²) < 4.78 is 24.3. The van der Waals surface area contributed by atoms with Crippen LogP contribution in [0.25, 0.3) is 76.8 Å². The summed E-state index contributed by atoms with van der Waals surface area (Å²) in [7, 11) is 0. The first-order valence-electron chi connectivity index (χ1n) is 15.9. The number of nitrogens with zero attached hydrogens (tertiary/aromatic N) is 3. The van der Waals surface area contributed by atoms with Gasteiger partial charge in [0.1, 0.15) is 11.3 Å². The van der Waals surface area contributed by atoms with Crippen molar-refractivity contribution in [3.63, 3.8) is 0 Å². The molecule has 3 heterocycles. The van der Waals surface area contributed by atoms with Gasteiger partial charge in [-0.25, -0.2) is 9.97 Å². The van der Waals surface area contributed by atoms with Crippen LogP contribution in [0, 0.1) is 0 Å². The van der Waals surface area contributed by atoms with E-state index in [9.17, 15) is 0 Å². The summed E-state index contributed by atoms with van der Waals surface area (Å²) in [6, 6.07) is 42.2. The second-order valence-electron chi connectivity index (χ2n) is 11.2. The number of hydrogen-bond donors (Lipinski definition) is 0. The average Bonchev–Trinajstić information content (AvgIpc) is 3.51. The van der Waals surface area contributed by atoms with Crippen LogP contribution in [0.3, 0.4) is 0 Å². The van der Waals surface area contributed by atoms with E-state index in [1.54, 1.807) is 17.2 Å². The Morgan fingerprint density at radius 3 is 2.24 bits per heavy atom. The van der Waals surface area contributed by atoms with Gasteiger partial charge in [-0.2, -0.15) is 0 Å². The number of rotatable bonds is 2. The Morgan fingerprint density at radius 1 is 0.578 bits per heavy atom. The van der Waals surface area contributed by atoms with Gasteiger partial charge in [0.15, 0.2) is 11.3 Å². The lowest BCUT2D eigenvalue weighted by Gasteiger charge is -2.32. The molecule has 0 fully saturated rings. The van der Waals surface area contributed by atoms with Crippen molar-refractivity contribution in [3.8, 4) is 28.1 Å². The zero-order valence-electron chi connectivity index (χ0n) is 25.8. The Hall–Kier alpha value is -6.20. The first-order valence-corrected chi connectivity index (χ1v) is 14.9. The maximum atomic E-state index is 8.79. The molecule has 210 valence electrons. The van der Waals surface area contributed by atoms with Gasteiger partial charge in [-0.1, -0.05) is 121 Å². The highest BCUT2D eigenvalue weighted by molar-refractivity contribution is 6.29. The van der Waals surface area contributed by atoms with E-state index in [-0.39, 0.29) is 12.0 Å². The van der Waals surface area contributed by atoms with Crippen LogP contribution >= 0.6 is 0 Å². The fourth-order valence-corrected chi connectivity index (χ4v) is 6.78. The van der Waals surface area contributed by atoms with Crippen LogP contribution < -0.4 is 9.90 Å². The van der Waals surface area contributed by atoms with Crippen LogP contribution in [0.5, 0.6) is 5.75 Å². The van der Waals surface area contributed by atoms with Crippen LogP contribution in [0.1, 0.15) is 2.74 Å². The van der Waals surface area contributed by atoms with Crippen molar-refractivity contribution >= 4 is 66.0 Å². The Kier molecular flexibility index (Phi) is 4.54. The monoisotopic (exact) mass is 579 g/mol. The van der Waals surface area contributed by atoms with E-state index >= 15 is 0 Å². The van der Waals surface area contributed by atoms with Crippen LogP contribution in [-0.4, -0.2) is 9.97 Å². The van der Waals surface area contributed by atoms with Crippen LogP contribution in [0.2, 0.25) is 0 Å². The third kappa shape index (κ3) is 3.43. The molecular formula is C40H23N3O2. The maximum absolute atomic E-state index is 8.79. The lowest BCUT2D eigenvalue weighted by atomic mass is 9.89. The van der Waals surface area contributed by atoms with E-state index in [1.165, 1.54) is 0 Å². The van der Waals surface area contributed by atoms with Gasteiger partial charge in [0.2, 0.25) is 0 Å². The van der Waals surface area contributed by atoms with Gasteiger partial charge in [0.25, 0.3) is 5.95 Å². The van der Waals surface area contributed by atoms with E-state index in [0.29, 0.717) is 45.2 Å². The molecule has 0 aliphatic carbocycles. The Bertz CT molecular complexity index is 2770. The summed E-state index contributed by atoms with van der Waals surface area (Å²) >= 11 is 0. The van der Waals surface area contributed by atoms with Crippen molar-refractivity contribution in [2.45, 2.75) is 0 Å². The average molecular weight is 580 g/mol.